The van der Waals surface area contributed by atoms with Gasteiger partial charge in [0.1, 0.15) is 0 Å². The number of nitrogens with one attached hydrogen (secondary N) is 2. The van der Waals surface area contributed by atoms with E-state index in [2.05, 4.69) is 33.7 Å². The quantitative estimate of drug-likeness (QED) is 0.700. The van der Waals surface area contributed by atoms with E-state index in [4.69, 9.17) is 5.41 Å². The van der Waals surface area contributed by atoms with Crippen molar-refractivity contribution in [1.29, 1.82) is 5.41 Å². The standard InChI is InChI=1S/C20H28N6O/c1-20(2,24-13-19(27)26-9-4-6-17(26)11-21)7-10-25-14-18(23-15-25)16-5-3-8-22-12-16/h3,5,8,11-12,14-15,17,21,24H,4,6-7,9-10,13H2,1-2H3. The number of likely N-dealkylation sites (tertiary alicyclic amines) is 1. The maximum Gasteiger partial charge on any atom is 0.237 e. The second-order valence-corrected chi connectivity index (χ2v) is 7.69. The van der Waals surface area contributed by atoms with E-state index in [0.717, 1.165) is 43.6 Å². The Bertz CT molecular complexity index is 770. The van der Waals surface area contributed by atoms with Crippen molar-refractivity contribution in [1.82, 2.24) is 24.8 Å². The molecule has 0 saturated carbocycles. The summed E-state index contributed by atoms with van der Waals surface area (Å²) in [6, 6.07) is 3.87. The SMILES string of the molecule is CC(C)(CCn1cnc(-c2cccnc2)c1)NCC(=O)N1CCCC1C=N. The van der Waals surface area contributed by atoms with Gasteiger partial charge in [-0.3, -0.25) is 9.78 Å². The molecule has 0 aliphatic carbocycles. The van der Waals surface area contributed by atoms with Crippen LogP contribution in [0, 0.1) is 5.41 Å². The number of carbonyl (C=O) groups is 1. The highest BCUT2D eigenvalue weighted by Crippen LogP contribution is 2.18. The third-order valence-corrected chi connectivity index (χ3v) is 5.12. The molecular weight excluding hydrogens is 340 g/mol. The van der Waals surface area contributed by atoms with Gasteiger partial charge in [0.2, 0.25) is 5.91 Å². The lowest BCUT2D eigenvalue weighted by Crippen LogP contribution is -2.48. The molecule has 0 aromatic carbocycles. The Morgan fingerprint density at radius 2 is 2.33 bits per heavy atom. The average molecular weight is 368 g/mol. The van der Waals surface area contributed by atoms with Gasteiger partial charge < -0.3 is 20.2 Å². The van der Waals surface area contributed by atoms with Crippen LogP contribution in [0.3, 0.4) is 0 Å². The Morgan fingerprint density at radius 3 is 3.07 bits per heavy atom. The number of imidazole rings is 1. The number of pyridine rings is 1. The van der Waals surface area contributed by atoms with Gasteiger partial charge in [-0.05, 0) is 45.2 Å². The second kappa shape index (κ2) is 8.43. The van der Waals surface area contributed by atoms with Crippen molar-refractivity contribution >= 4 is 12.1 Å². The van der Waals surface area contributed by atoms with Gasteiger partial charge in [0.15, 0.2) is 0 Å². The first-order valence-electron chi connectivity index (χ1n) is 9.46. The van der Waals surface area contributed by atoms with Crippen LogP contribution in [0.4, 0.5) is 0 Å². The van der Waals surface area contributed by atoms with Gasteiger partial charge in [-0.15, -0.1) is 0 Å². The Hall–Kier alpha value is -2.54. The highest BCUT2D eigenvalue weighted by Gasteiger charge is 2.28. The topological polar surface area (TPSA) is 86.9 Å². The van der Waals surface area contributed by atoms with Crippen molar-refractivity contribution in [2.24, 2.45) is 0 Å². The monoisotopic (exact) mass is 368 g/mol. The van der Waals surface area contributed by atoms with E-state index in [1.807, 2.05) is 35.8 Å². The van der Waals surface area contributed by atoms with Gasteiger partial charge in [-0.25, -0.2) is 4.98 Å². The summed E-state index contributed by atoms with van der Waals surface area (Å²) in [4.78, 5) is 22.8. The fourth-order valence-corrected chi connectivity index (χ4v) is 3.33. The molecule has 0 radical (unpaired) electrons. The van der Waals surface area contributed by atoms with Crippen LogP contribution < -0.4 is 5.32 Å². The summed E-state index contributed by atoms with van der Waals surface area (Å²) < 4.78 is 2.07. The molecule has 3 heterocycles. The van der Waals surface area contributed by atoms with E-state index in [1.165, 1.54) is 6.21 Å². The van der Waals surface area contributed by atoms with Crippen LogP contribution >= 0.6 is 0 Å². The fraction of sp³-hybridized carbons (Fsp3) is 0.500. The van der Waals surface area contributed by atoms with Crippen molar-refractivity contribution in [3.8, 4) is 11.3 Å². The molecule has 7 heteroatoms. The van der Waals surface area contributed by atoms with Gasteiger partial charge in [0.05, 0.1) is 24.6 Å². The zero-order valence-corrected chi connectivity index (χ0v) is 16.1. The van der Waals surface area contributed by atoms with Crippen molar-refractivity contribution < 1.29 is 4.79 Å². The second-order valence-electron chi connectivity index (χ2n) is 7.69. The minimum atomic E-state index is -0.172. The molecule has 1 fully saturated rings. The van der Waals surface area contributed by atoms with Crippen LogP contribution in [0.5, 0.6) is 0 Å². The van der Waals surface area contributed by atoms with Crippen molar-refractivity contribution in [3.63, 3.8) is 0 Å². The summed E-state index contributed by atoms with van der Waals surface area (Å²) in [5, 5.41) is 10.8. The van der Waals surface area contributed by atoms with Crippen LogP contribution in [-0.2, 0) is 11.3 Å². The fourth-order valence-electron chi connectivity index (χ4n) is 3.33. The average Bonchev–Trinajstić information content (AvgIpc) is 3.34. The van der Waals surface area contributed by atoms with Gasteiger partial charge >= 0.3 is 0 Å². The van der Waals surface area contributed by atoms with Crippen molar-refractivity contribution in [2.75, 3.05) is 13.1 Å². The highest BCUT2D eigenvalue weighted by molar-refractivity contribution is 5.82. The van der Waals surface area contributed by atoms with Crippen LogP contribution in [0.15, 0.2) is 37.1 Å². The molecule has 1 aliphatic heterocycles. The number of aryl methyl sites for hydroxylation is 1. The minimum Gasteiger partial charge on any atom is -0.337 e. The Labute approximate surface area is 160 Å². The smallest absolute Gasteiger partial charge is 0.237 e. The normalized spacial score (nSPS) is 17.3. The van der Waals surface area contributed by atoms with E-state index in [0.29, 0.717) is 6.54 Å². The minimum absolute atomic E-state index is 0.0285. The maximum absolute atomic E-state index is 12.4. The van der Waals surface area contributed by atoms with Crippen molar-refractivity contribution in [2.45, 2.75) is 51.2 Å². The van der Waals surface area contributed by atoms with E-state index < -0.39 is 0 Å². The van der Waals surface area contributed by atoms with E-state index in [9.17, 15) is 4.79 Å². The van der Waals surface area contributed by atoms with Crippen LogP contribution in [0.2, 0.25) is 0 Å². The molecule has 1 saturated heterocycles. The molecular formula is C20H28N6O. The van der Waals surface area contributed by atoms with Gasteiger partial charge in [0, 0.05) is 49.0 Å². The zero-order chi connectivity index (χ0) is 19.3. The maximum atomic E-state index is 12.4. The first kappa shape index (κ1) is 19.2. The van der Waals surface area contributed by atoms with E-state index in [-0.39, 0.29) is 17.5 Å². The summed E-state index contributed by atoms with van der Waals surface area (Å²) >= 11 is 0. The van der Waals surface area contributed by atoms with Crippen LogP contribution in [0.25, 0.3) is 11.3 Å². The molecule has 2 N–H and O–H groups in total. The number of aromatic nitrogens is 3. The lowest BCUT2D eigenvalue weighted by molar-refractivity contribution is -0.130. The van der Waals surface area contributed by atoms with Crippen LogP contribution in [-0.4, -0.2) is 56.2 Å². The van der Waals surface area contributed by atoms with E-state index in [1.54, 1.807) is 6.20 Å². The first-order chi connectivity index (χ1) is 13.0. The summed E-state index contributed by atoms with van der Waals surface area (Å²) in [6.07, 6.45) is 11.6. The lowest BCUT2D eigenvalue weighted by atomic mass is 10.0. The molecule has 1 atom stereocenters. The molecule has 27 heavy (non-hydrogen) atoms. The molecule has 3 rings (SSSR count). The third-order valence-electron chi connectivity index (χ3n) is 5.12. The van der Waals surface area contributed by atoms with Crippen LogP contribution in [0.1, 0.15) is 33.1 Å². The predicted molar refractivity (Wildman–Crippen MR) is 106 cm³/mol. The third kappa shape index (κ3) is 5.01. The Kier molecular flexibility index (Phi) is 6.01. The lowest BCUT2D eigenvalue weighted by Gasteiger charge is -2.28. The summed E-state index contributed by atoms with van der Waals surface area (Å²) in [5.74, 6) is 0.0792. The van der Waals surface area contributed by atoms with Crippen molar-refractivity contribution in [3.05, 3.63) is 37.1 Å². The Balaban J connectivity index is 1.49. The molecule has 1 amide bonds. The number of carbonyl (C=O) groups excluding carboxylic acids is 1. The zero-order valence-electron chi connectivity index (χ0n) is 16.1. The number of hydrogen-bond acceptors (Lipinski definition) is 5. The number of rotatable bonds is 8. The molecule has 0 spiro atoms. The number of hydrogen-bond donors (Lipinski definition) is 2. The predicted octanol–water partition coefficient (Wildman–Crippen LogP) is 2.34. The Morgan fingerprint density at radius 1 is 1.48 bits per heavy atom. The summed E-state index contributed by atoms with van der Waals surface area (Å²) in [6.45, 7) is 6.10. The molecule has 2 aromatic heterocycles. The highest BCUT2D eigenvalue weighted by atomic mass is 16.2. The molecule has 7 nitrogen and oxygen atoms in total. The van der Waals surface area contributed by atoms with Gasteiger partial charge in [-0.1, -0.05) is 0 Å². The molecule has 2 aromatic rings. The molecule has 1 unspecified atom stereocenters. The molecule has 144 valence electrons. The summed E-state index contributed by atoms with van der Waals surface area (Å²) in [5.41, 5.74) is 1.75. The van der Waals surface area contributed by atoms with Gasteiger partial charge in [0.25, 0.3) is 0 Å². The first-order valence-corrected chi connectivity index (χ1v) is 9.46. The van der Waals surface area contributed by atoms with Gasteiger partial charge in [-0.2, -0.15) is 0 Å². The summed E-state index contributed by atoms with van der Waals surface area (Å²) in [7, 11) is 0. The molecule has 0 bridgehead atoms. The number of amides is 1. The number of nitrogens with zero attached hydrogens (tertiary/aromatic N) is 4. The molecule has 1 aliphatic rings. The largest absolute Gasteiger partial charge is 0.337 e. The van der Waals surface area contributed by atoms with E-state index >= 15 is 0 Å².